The van der Waals surface area contributed by atoms with E-state index in [0.717, 1.165) is 23.3 Å². The number of amides is 1. The second kappa shape index (κ2) is 10.3. The molecule has 5 rings (SSSR count). The third-order valence-electron chi connectivity index (χ3n) is 6.71. The number of halogens is 3. The number of aromatic nitrogens is 2. The van der Waals surface area contributed by atoms with E-state index < -0.39 is 23.8 Å². The van der Waals surface area contributed by atoms with E-state index in [2.05, 4.69) is 5.32 Å². The molecule has 7 nitrogen and oxygen atoms in total. The van der Waals surface area contributed by atoms with Crippen molar-refractivity contribution in [1.82, 2.24) is 15.1 Å². The van der Waals surface area contributed by atoms with Crippen molar-refractivity contribution in [1.29, 1.82) is 0 Å². The highest BCUT2D eigenvalue weighted by atomic mass is 19.4. The lowest BCUT2D eigenvalue weighted by molar-refractivity contribution is -0.137. The molecule has 0 fully saturated rings. The Labute approximate surface area is 222 Å². The molecular formula is C29H25F3N4O3. The standard InChI is InChI=1S/C29H25F3N4O3/c1-18(20-10-12-22(13-11-20)28(38)39)33-26(37)24-25(21-7-3-2-4-8-21)34-36-15-14-35(27(24)36)17-19-6-5-9-23(16-19)29(30,31)32/h2-13,16,18H,14-15,17H2,1H3,(H,33,37)(H,38,39). The molecule has 1 atom stereocenters. The molecule has 10 heteroatoms. The molecule has 1 aromatic heterocycles. The third kappa shape index (κ3) is 5.36. The van der Waals surface area contributed by atoms with Crippen LogP contribution in [0, 0.1) is 0 Å². The van der Waals surface area contributed by atoms with E-state index in [0.29, 0.717) is 35.7 Å². The van der Waals surface area contributed by atoms with Gasteiger partial charge in [0.2, 0.25) is 0 Å². The Morgan fingerprint density at radius 1 is 1.00 bits per heavy atom. The third-order valence-corrected chi connectivity index (χ3v) is 6.71. The van der Waals surface area contributed by atoms with Crippen LogP contribution in [0.1, 0.15) is 50.4 Å². The van der Waals surface area contributed by atoms with Gasteiger partial charge in [0.05, 0.1) is 23.7 Å². The largest absolute Gasteiger partial charge is 0.478 e. The average molecular weight is 535 g/mol. The highest BCUT2D eigenvalue weighted by molar-refractivity contribution is 6.05. The molecule has 1 aliphatic rings. The number of carboxylic acids is 1. The number of nitrogens with one attached hydrogen (secondary N) is 1. The molecule has 2 heterocycles. The minimum Gasteiger partial charge on any atom is -0.478 e. The van der Waals surface area contributed by atoms with Gasteiger partial charge in [-0.15, -0.1) is 0 Å². The molecular weight excluding hydrogens is 509 g/mol. The zero-order chi connectivity index (χ0) is 27.7. The molecule has 0 bridgehead atoms. The van der Waals surface area contributed by atoms with Crippen LogP contribution in [0.15, 0.2) is 78.9 Å². The number of carbonyl (C=O) groups excluding carboxylic acids is 1. The number of fused-ring (bicyclic) bond motifs is 1. The molecule has 200 valence electrons. The topological polar surface area (TPSA) is 87.5 Å². The van der Waals surface area contributed by atoms with E-state index in [9.17, 15) is 22.8 Å². The van der Waals surface area contributed by atoms with Gasteiger partial charge >= 0.3 is 12.1 Å². The van der Waals surface area contributed by atoms with Crippen LogP contribution < -0.4 is 10.2 Å². The maximum atomic E-state index is 13.8. The van der Waals surface area contributed by atoms with E-state index in [4.69, 9.17) is 10.2 Å². The first kappa shape index (κ1) is 26.0. The molecule has 4 aromatic rings. The molecule has 2 N–H and O–H groups in total. The van der Waals surface area contributed by atoms with Crippen LogP contribution >= 0.6 is 0 Å². The van der Waals surface area contributed by atoms with Gasteiger partial charge < -0.3 is 15.3 Å². The number of alkyl halides is 3. The van der Waals surface area contributed by atoms with Crippen molar-refractivity contribution in [2.45, 2.75) is 32.2 Å². The van der Waals surface area contributed by atoms with Crippen molar-refractivity contribution in [3.63, 3.8) is 0 Å². The van der Waals surface area contributed by atoms with Gasteiger partial charge in [-0.3, -0.25) is 4.79 Å². The van der Waals surface area contributed by atoms with Crippen molar-refractivity contribution in [2.75, 3.05) is 11.4 Å². The summed E-state index contributed by atoms with van der Waals surface area (Å²) in [6.45, 7) is 2.93. The highest BCUT2D eigenvalue weighted by Crippen LogP contribution is 2.36. The van der Waals surface area contributed by atoms with Crippen molar-refractivity contribution < 1.29 is 27.9 Å². The summed E-state index contributed by atoms with van der Waals surface area (Å²) < 4.78 is 41.6. The zero-order valence-corrected chi connectivity index (χ0v) is 20.9. The molecule has 0 saturated heterocycles. The first-order chi connectivity index (χ1) is 18.6. The lowest BCUT2D eigenvalue weighted by Crippen LogP contribution is -2.29. The van der Waals surface area contributed by atoms with Crippen molar-refractivity contribution in [2.24, 2.45) is 0 Å². The van der Waals surface area contributed by atoms with Gasteiger partial charge in [0.25, 0.3) is 5.91 Å². The normalized spacial score (nSPS) is 13.7. The first-order valence-corrected chi connectivity index (χ1v) is 12.3. The average Bonchev–Trinajstić information content (AvgIpc) is 3.49. The Morgan fingerprint density at radius 3 is 2.38 bits per heavy atom. The summed E-state index contributed by atoms with van der Waals surface area (Å²) >= 11 is 0. The van der Waals surface area contributed by atoms with E-state index in [1.54, 1.807) is 29.8 Å². The van der Waals surface area contributed by atoms with Gasteiger partial charge in [-0.25, -0.2) is 9.48 Å². The summed E-state index contributed by atoms with van der Waals surface area (Å²) in [4.78, 5) is 26.8. The van der Waals surface area contributed by atoms with E-state index in [1.807, 2.05) is 35.2 Å². The molecule has 1 unspecified atom stereocenters. The van der Waals surface area contributed by atoms with Crippen LogP contribution in [0.25, 0.3) is 11.3 Å². The second-order valence-corrected chi connectivity index (χ2v) is 9.38. The van der Waals surface area contributed by atoms with Crippen LogP contribution in [-0.4, -0.2) is 33.3 Å². The molecule has 0 spiro atoms. The summed E-state index contributed by atoms with van der Waals surface area (Å²) in [6.07, 6.45) is -4.45. The number of carboxylic acid groups (broad SMARTS) is 1. The lowest BCUT2D eigenvalue weighted by Gasteiger charge is -2.21. The Balaban J connectivity index is 1.49. The van der Waals surface area contributed by atoms with Crippen LogP contribution in [-0.2, 0) is 19.3 Å². The predicted octanol–water partition coefficient (Wildman–Crippen LogP) is 5.78. The fourth-order valence-electron chi connectivity index (χ4n) is 4.75. The second-order valence-electron chi connectivity index (χ2n) is 9.38. The molecule has 0 radical (unpaired) electrons. The molecule has 3 aromatic carbocycles. The summed E-state index contributed by atoms with van der Waals surface area (Å²) in [7, 11) is 0. The number of hydrogen-bond donors (Lipinski definition) is 2. The van der Waals surface area contributed by atoms with Crippen molar-refractivity contribution >= 4 is 17.7 Å². The maximum absolute atomic E-state index is 13.8. The quantitative estimate of drug-likeness (QED) is 0.314. The fraction of sp³-hybridized carbons (Fsp3) is 0.207. The molecule has 1 aliphatic heterocycles. The SMILES string of the molecule is CC(NC(=O)c1c(-c2ccccc2)nn2c1N(Cc1cccc(C(F)(F)F)c1)CC2)c1ccc(C(=O)O)cc1. The number of rotatable bonds is 7. The minimum atomic E-state index is -4.45. The van der Waals surface area contributed by atoms with Gasteiger partial charge in [0.15, 0.2) is 0 Å². The summed E-state index contributed by atoms with van der Waals surface area (Å²) in [5.74, 6) is -0.889. The number of carbonyl (C=O) groups is 2. The lowest BCUT2D eigenvalue weighted by atomic mass is 10.0. The highest BCUT2D eigenvalue weighted by Gasteiger charge is 2.34. The molecule has 1 amide bonds. The molecule has 0 aliphatic carbocycles. The summed E-state index contributed by atoms with van der Waals surface area (Å²) in [5, 5.41) is 16.9. The number of benzene rings is 3. The van der Waals surface area contributed by atoms with Crippen LogP contribution in [0.5, 0.6) is 0 Å². The number of hydrogen-bond acceptors (Lipinski definition) is 4. The Kier molecular flexibility index (Phi) is 6.86. The van der Waals surface area contributed by atoms with Crippen LogP contribution in [0.2, 0.25) is 0 Å². The van der Waals surface area contributed by atoms with Gasteiger partial charge in [0.1, 0.15) is 17.1 Å². The van der Waals surface area contributed by atoms with E-state index in [1.165, 1.54) is 18.2 Å². The minimum absolute atomic E-state index is 0.142. The van der Waals surface area contributed by atoms with E-state index in [-0.39, 0.29) is 18.0 Å². The number of anilines is 1. The van der Waals surface area contributed by atoms with Crippen LogP contribution in [0.4, 0.5) is 19.0 Å². The van der Waals surface area contributed by atoms with Crippen LogP contribution in [0.3, 0.4) is 0 Å². The van der Waals surface area contributed by atoms with Crippen molar-refractivity contribution in [3.8, 4) is 11.3 Å². The zero-order valence-electron chi connectivity index (χ0n) is 20.9. The van der Waals surface area contributed by atoms with Gasteiger partial charge in [-0.2, -0.15) is 18.3 Å². The Hall–Kier alpha value is -4.60. The number of nitrogens with zero attached hydrogens (tertiary/aromatic N) is 3. The van der Waals surface area contributed by atoms with Gasteiger partial charge in [0, 0.05) is 18.7 Å². The maximum Gasteiger partial charge on any atom is 0.416 e. The fourth-order valence-corrected chi connectivity index (χ4v) is 4.75. The Bertz CT molecular complexity index is 1520. The Morgan fingerprint density at radius 2 is 1.72 bits per heavy atom. The van der Waals surface area contributed by atoms with E-state index >= 15 is 0 Å². The molecule has 39 heavy (non-hydrogen) atoms. The monoisotopic (exact) mass is 534 g/mol. The van der Waals surface area contributed by atoms with Gasteiger partial charge in [-0.05, 0) is 42.3 Å². The smallest absolute Gasteiger partial charge is 0.416 e. The molecule has 0 saturated carbocycles. The first-order valence-electron chi connectivity index (χ1n) is 12.3. The summed E-state index contributed by atoms with van der Waals surface area (Å²) in [6, 6.07) is 20.2. The van der Waals surface area contributed by atoms with Crippen molar-refractivity contribution in [3.05, 3.63) is 107 Å². The summed E-state index contributed by atoms with van der Waals surface area (Å²) in [5.41, 5.74) is 2.16. The number of aromatic carboxylic acids is 1. The van der Waals surface area contributed by atoms with Gasteiger partial charge in [-0.1, -0.05) is 54.6 Å². The predicted molar refractivity (Wildman–Crippen MR) is 139 cm³/mol.